The fourth-order valence-electron chi connectivity index (χ4n) is 4.28. The lowest BCUT2D eigenvalue weighted by Gasteiger charge is -2.32. The third kappa shape index (κ3) is 5.84. The van der Waals surface area contributed by atoms with E-state index in [1.807, 2.05) is 56.5 Å². The maximum Gasteiger partial charge on any atom is 0.251 e. The number of hydrogen-bond donors (Lipinski definition) is 1. The molecule has 0 aliphatic heterocycles. The molecular weight excluding hydrogens is 531 g/mol. The molecule has 0 bridgehead atoms. The maximum atomic E-state index is 14.0. The van der Waals surface area contributed by atoms with Gasteiger partial charge in [0.25, 0.3) is 5.91 Å². The monoisotopic (exact) mass is 558 g/mol. The van der Waals surface area contributed by atoms with Gasteiger partial charge in [0.1, 0.15) is 24.2 Å². The fraction of sp³-hybridized carbons (Fsp3) is 0.207. The second-order valence-corrected chi connectivity index (χ2v) is 10.3. The highest BCUT2D eigenvalue weighted by molar-refractivity contribution is 7.10. The maximum absolute atomic E-state index is 14.0. The Kier molecular flexibility index (Phi) is 7.83. The van der Waals surface area contributed by atoms with E-state index >= 15 is 0 Å². The highest BCUT2D eigenvalue weighted by atomic mass is 32.1. The van der Waals surface area contributed by atoms with Crippen LogP contribution in [-0.2, 0) is 22.7 Å². The zero-order valence-electron chi connectivity index (χ0n) is 22.2. The average molecular weight is 559 g/mol. The molecule has 0 spiro atoms. The average Bonchev–Trinajstić information content (AvgIpc) is 3.71. The zero-order valence-corrected chi connectivity index (χ0v) is 23.0. The predicted octanol–water partition coefficient (Wildman–Crippen LogP) is 5.15. The molecule has 0 radical (unpaired) electrons. The van der Waals surface area contributed by atoms with Gasteiger partial charge in [0.15, 0.2) is 5.76 Å². The van der Waals surface area contributed by atoms with Crippen molar-refractivity contribution in [1.82, 2.24) is 25.5 Å². The number of rotatable bonds is 9. The Morgan fingerprint density at radius 2 is 1.85 bits per heavy atom. The van der Waals surface area contributed by atoms with Crippen molar-refractivity contribution < 1.29 is 18.4 Å². The number of nitrogens with one attached hydrogen (secondary N) is 1. The van der Waals surface area contributed by atoms with Crippen molar-refractivity contribution >= 4 is 28.8 Å². The molecule has 2 aromatic carbocycles. The Bertz CT molecular complexity index is 1630. The fourth-order valence-corrected chi connectivity index (χ4v) is 5.10. The van der Waals surface area contributed by atoms with E-state index < -0.39 is 11.9 Å². The van der Waals surface area contributed by atoms with Crippen molar-refractivity contribution in [1.29, 1.82) is 0 Å². The van der Waals surface area contributed by atoms with Gasteiger partial charge in [0, 0.05) is 17.1 Å². The minimum absolute atomic E-state index is 0.173. The van der Waals surface area contributed by atoms with Gasteiger partial charge in [-0.2, -0.15) is 4.80 Å². The van der Waals surface area contributed by atoms with Crippen molar-refractivity contribution in [2.24, 2.45) is 0 Å². The minimum Gasteiger partial charge on any atom is -0.458 e. The molecule has 5 aromatic rings. The summed E-state index contributed by atoms with van der Waals surface area (Å²) in [6, 6.07) is 17.7. The lowest BCUT2D eigenvalue weighted by molar-refractivity contribution is -0.127. The van der Waals surface area contributed by atoms with E-state index in [1.165, 1.54) is 33.2 Å². The summed E-state index contributed by atoms with van der Waals surface area (Å²) in [6.07, 6.45) is 0. The highest BCUT2D eigenvalue weighted by Gasteiger charge is 2.35. The number of tetrazole rings is 1. The van der Waals surface area contributed by atoms with Crippen LogP contribution in [0.4, 0.5) is 10.1 Å². The summed E-state index contributed by atoms with van der Waals surface area (Å²) >= 11 is 1.38. The van der Waals surface area contributed by atoms with Crippen molar-refractivity contribution in [2.45, 2.75) is 39.9 Å². The SMILES string of the molecule is Cc1ccc(-c2nnn(CC(=O)N(c3cccc(C)c3C)C(C(=O)NCc3ccc(F)cc3)c3cccs3)n2)o1. The van der Waals surface area contributed by atoms with Crippen LogP contribution >= 0.6 is 11.3 Å². The molecule has 5 rings (SSSR count). The predicted molar refractivity (Wildman–Crippen MR) is 149 cm³/mol. The molecule has 11 heteroatoms. The van der Waals surface area contributed by atoms with E-state index in [1.54, 1.807) is 24.3 Å². The van der Waals surface area contributed by atoms with Crippen LogP contribution in [0.5, 0.6) is 0 Å². The number of benzene rings is 2. The van der Waals surface area contributed by atoms with Crippen LogP contribution in [0.2, 0.25) is 0 Å². The molecule has 3 aromatic heterocycles. The normalized spacial score (nSPS) is 11.8. The zero-order chi connectivity index (χ0) is 28.2. The molecule has 0 aliphatic carbocycles. The molecule has 204 valence electrons. The largest absolute Gasteiger partial charge is 0.458 e. The summed E-state index contributed by atoms with van der Waals surface area (Å²) in [7, 11) is 0. The van der Waals surface area contributed by atoms with E-state index in [0.29, 0.717) is 22.1 Å². The summed E-state index contributed by atoms with van der Waals surface area (Å²) in [6.45, 7) is 5.59. The number of nitrogens with zero attached hydrogens (tertiary/aromatic N) is 5. The van der Waals surface area contributed by atoms with Crippen molar-refractivity contribution in [3.05, 3.63) is 105 Å². The van der Waals surface area contributed by atoms with Crippen LogP contribution in [0.3, 0.4) is 0 Å². The Labute approximate surface area is 234 Å². The number of thiophene rings is 1. The summed E-state index contributed by atoms with van der Waals surface area (Å²) in [4.78, 5) is 31.2. The highest BCUT2D eigenvalue weighted by Crippen LogP contribution is 2.34. The lowest BCUT2D eigenvalue weighted by atomic mass is 10.0. The molecule has 9 nitrogen and oxygen atoms in total. The Balaban J connectivity index is 1.49. The van der Waals surface area contributed by atoms with Crippen molar-refractivity contribution in [2.75, 3.05) is 4.90 Å². The number of halogens is 1. The first-order chi connectivity index (χ1) is 19.3. The summed E-state index contributed by atoms with van der Waals surface area (Å²) < 4.78 is 19.0. The third-order valence-corrected chi connectivity index (χ3v) is 7.42. The number of furan rings is 1. The van der Waals surface area contributed by atoms with Crippen LogP contribution in [0.15, 0.2) is 76.5 Å². The van der Waals surface area contributed by atoms with Crippen LogP contribution in [0.25, 0.3) is 11.6 Å². The van der Waals surface area contributed by atoms with E-state index in [2.05, 4.69) is 20.7 Å². The quantitative estimate of drug-likeness (QED) is 0.268. The summed E-state index contributed by atoms with van der Waals surface area (Å²) in [5.74, 6) is 0.271. The summed E-state index contributed by atoms with van der Waals surface area (Å²) in [5.41, 5.74) is 3.17. The van der Waals surface area contributed by atoms with Crippen LogP contribution in [0.1, 0.15) is 33.4 Å². The van der Waals surface area contributed by atoms with E-state index in [9.17, 15) is 14.0 Å². The van der Waals surface area contributed by atoms with E-state index in [4.69, 9.17) is 4.42 Å². The number of hydrogen-bond acceptors (Lipinski definition) is 7. The molecule has 3 heterocycles. The topological polar surface area (TPSA) is 106 Å². The molecule has 0 aliphatic rings. The second kappa shape index (κ2) is 11.6. The molecule has 0 saturated carbocycles. The molecule has 0 saturated heterocycles. The van der Waals surface area contributed by atoms with Gasteiger partial charge in [0.05, 0.1) is 0 Å². The van der Waals surface area contributed by atoms with Gasteiger partial charge < -0.3 is 9.73 Å². The van der Waals surface area contributed by atoms with Gasteiger partial charge in [-0.25, -0.2) is 4.39 Å². The molecule has 0 fully saturated rings. The van der Waals surface area contributed by atoms with Crippen molar-refractivity contribution in [3.8, 4) is 11.6 Å². The number of amides is 2. The number of aromatic nitrogens is 4. The lowest BCUT2D eigenvalue weighted by Crippen LogP contribution is -2.45. The van der Waals surface area contributed by atoms with E-state index in [0.717, 1.165) is 16.7 Å². The first kappa shape index (κ1) is 26.9. The molecule has 2 amide bonds. The Morgan fingerprint density at radius 3 is 2.55 bits per heavy atom. The van der Waals surface area contributed by atoms with Gasteiger partial charge in [-0.1, -0.05) is 30.3 Å². The first-order valence-corrected chi connectivity index (χ1v) is 13.5. The van der Waals surface area contributed by atoms with Crippen molar-refractivity contribution in [3.63, 3.8) is 0 Å². The Morgan fingerprint density at radius 1 is 1.05 bits per heavy atom. The minimum atomic E-state index is -0.968. The number of carbonyl (C=O) groups excluding carboxylic acids is 2. The smallest absolute Gasteiger partial charge is 0.251 e. The number of anilines is 1. The molecule has 1 unspecified atom stereocenters. The molecular formula is C29H27FN6O3S. The second-order valence-electron chi connectivity index (χ2n) is 9.30. The Hall–Kier alpha value is -4.64. The van der Waals surface area contributed by atoms with Gasteiger partial charge >= 0.3 is 0 Å². The molecule has 40 heavy (non-hydrogen) atoms. The van der Waals surface area contributed by atoms with Gasteiger partial charge in [-0.3, -0.25) is 14.5 Å². The number of aryl methyl sites for hydroxylation is 2. The van der Waals surface area contributed by atoms with Crippen LogP contribution in [0, 0.1) is 26.6 Å². The van der Waals surface area contributed by atoms with Gasteiger partial charge in [-0.05, 0) is 84.5 Å². The van der Waals surface area contributed by atoms with Crippen LogP contribution < -0.4 is 10.2 Å². The van der Waals surface area contributed by atoms with Gasteiger partial charge in [0.2, 0.25) is 11.7 Å². The molecule has 1 N–H and O–H groups in total. The van der Waals surface area contributed by atoms with Crippen LogP contribution in [-0.4, -0.2) is 32.0 Å². The standard InChI is InChI=1S/C29H27FN6O3S/c1-18-6-4-7-23(20(18)3)36(26(37)17-35-33-28(32-34-35)24-14-9-19(2)39-24)27(25-8-5-15-40-25)29(38)31-16-21-10-12-22(30)13-11-21/h4-15,27H,16-17H2,1-3H3,(H,31,38). The van der Waals surface area contributed by atoms with Gasteiger partial charge in [-0.15, -0.1) is 21.5 Å². The molecule has 1 atom stereocenters. The summed E-state index contributed by atoms with van der Waals surface area (Å²) in [5, 5.41) is 17.2. The third-order valence-electron chi connectivity index (χ3n) is 6.49. The van der Waals surface area contributed by atoms with E-state index in [-0.39, 0.29) is 30.6 Å². The first-order valence-electron chi connectivity index (χ1n) is 12.6. The number of carbonyl (C=O) groups is 2.